The van der Waals surface area contributed by atoms with Crippen molar-refractivity contribution in [1.29, 1.82) is 0 Å². The fourth-order valence-corrected chi connectivity index (χ4v) is 4.89. The molecular formula is C28H31ClN4O4. The Kier molecular flexibility index (Phi) is 7.88. The number of ether oxygens (including phenoxy) is 1. The Morgan fingerprint density at radius 1 is 1.08 bits per heavy atom. The molecule has 2 heterocycles. The molecule has 1 fully saturated rings. The molecular weight excluding hydrogens is 492 g/mol. The van der Waals surface area contributed by atoms with E-state index in [4.69, 9.17) is 21.3 Å². The van der Waals surface area contributed by atoms with E-state index in [1.54, 1.807) is 45.0 Å². The second-order valence-electron chi connectivity index (χ2n) is 9.07. The number of allylic oxidation sites excluding steroid dienone is 2. The summed E-state index contributed by atoms with van der Waals surface area (Å²) in [6.07, 6.45) is 3.57. The first kappa shape index (κ1) is 26.3. The molecule has 2 unspecified atom stereocenters. The van der Waals surface area contributed by atoms with Crippen LogP contribution >= 0.6 is 11.6 Å². The minimum absolute atomic E-state index is 0.0111. The van der Waals surface area contributed by atoms with E-state index in [9.17, 15) is 14.7 Å². The Balaban J connectivity index is 1.82. The number of methoxy groups -OCH3 is 1. The first-order valence-electron chi connectivity index (χ1n) is 12.1. The molecule has 8 nitrogen and oxygen atoms in total. The number of amides is 3. The molecule has 2 aromatic rings. The van der Waals surface area contributed by atoms with Crippen LogP contribution in [0.2, 0.25) is 5.02 Å². The average Bonchev–Trinajstić information content (AvgIpc) is 3.29. The van der Waals surface area contributed by atoms with Crippen molar-refractivity contribution in [2.24, 2.45) is 4.99 Å². The largest absolute Gasteiger partial charge is 0.507 e. The maximum Gasteiger partial charge on any atom is 0.326 e. The van der Waals surface area contributed by atoms with Crippen LogP contribution in [0.25, 0.3) is 0 Å². The van der Waals surface area contributed by atoms with Gasteiger partial charge in [0.1, 0.15) is 17.3 Å². The Morgan fingerprint density at radius 3 is 2.30 bits per heavy atom. The van der Waals surface area contributed by atoms with Gasteiger partial charge >= 0.3 is 6.03 Å². The summed E-state index contributed by atoms with van der Waals surface area (Å²) >= 11 is 6.18. The summed E-state index contributed by atoms with van der Waals surface area (Å²) in [5, 5.41) is 11.5. The van der Waals surface area contributed by atoms with E-state index < -0.39 is 12.1 Å². The van der Waals surface area contributed by atoms with Crippen LogP contribution in [0.1, 0.15) is 31.0 Å². The maximum absolute atomic E-state index is 14.2. The molecule has 0 spiro atoms. The summed E-state index contributed by atoms with van der Waals surface area (Å²) in [7, 11) is 1.52. The number of benzene rings is 2. The van der Waals surface area contributed by atoms with Gasteiger partial charge in [0.05, 0.1) is 24.8 Å². The molecule has 3 amide bonds. The number of hydrogen-bond donors (Lipinski definition) is 1. The molecule has 4 rings (SSSR count). The van der Waals surface area contributed by atoms with Crippen LogP contribution < -0.4 is 4.74 Å². The predicted octanol–water partition coefficient (Wildman–Crippen LogP) is 4.64. The smallest absolute Gasteiger partial charge is 0.326 e. The van der Waals surface area contributed by atoms with Gasteiger partial charge < -0.3 is 19.6 Å². The van der Waals surface area contributed by atoms with E-state index >= 15 is 0 Å². The lowest BCUT2D eigenvalue weighted by Gasteiger charge is -2.38. The van der Waals surface area contributed by atoms with Crippen LogP contribution in [-0.2, 0) is 4.79 Å². The second-order valence-corrected chi connectivity index (χ2v) is 9.51. The summed E-state index contributed by atoms with van der Waals surface area (Å²) in [5.41, 5.74) is 2.19. The second kappa shape index (κ2) is 11.1. The van der Waals surface area contributed by atoms with Crippen LogP contribution in [0.4, 0.5) is 4.79 Å². The van der Waals surface area contributed by atoms with Gasteiger partial charge in [0, 0.05) is 44.2 Å². The van der Waals surface area contributed by atoms with Gasteiger partial charge in [-0.25, -0.2) is 4.79 Å². The van der Waals surface area contributed by atoms with Crippen molar-refractivity contribution in [3.63, 3.8) is 0 Å². The molecule has 194 valence electrons. The summed E-state index contributed by atoms with van der Waals surface area (Å²) in [6, 6.07) is 11.1. The molecule has 0 aliphatic carbocycles. The Bertz CT molecular complexity index is 1250. The number of hydrogen-bond acceptors (Lipinski definition) is 5. The van der Waals surface area contributed by atoms with Crippen molar-refractivity contribution in [3.8, 4) is 11.5 Å². The highest BCUT2D eigenvalue weighted by Crippen LogP contribution is 2.40. The fourth-order valence-electron chi connectivity index (χ4n) is 4.77. The topological polar surface area (TPSA) is 85.7 Å². The molecule has 37 heavy (non-hydrogen) atoms. The van der Waals surface area contributed by atoms with E-state index in [1.165, 1.54) is 20.1 Å². The quantitative estimate of drug-likeness (QED) is 0.579. The van der Waals surface area contributed by atoms with Crippen LogP contribution in [0.5, 0.6) is 11.5 Å². The summed E-state index contributed by atoms with van der Waals surface area (Å²) in [5.74, 6) is 0.800. The lowest BCUT2D eigenvalue weighted by Crippen LogP contribution is -2.55. The number of aliphatic imine (C=N–C) groups is 1. The Hall–Kier alpha value is -3.78. The standard InChI is InChI=1S/C28H31ClN4O4/c1-5-6-18(2)25-26(20-7-9-21(29)10-8-20)33(28(36)32-15-13-31(14-16-32)19(3)34)27(30-25)23-12-11-22(37-4)17-24(23)35/h5-12,17,25-26,35H,1,13-16H2,2-4H3/b18-6+. The number of amidine groups is 1. The third-order valence-electron chi connectivity index (χ3n) is 6.77. The SMILES string of the molecule is C=C/C=C(\C)C1N=C(c2ccc(OC)cc2O)N(C(=O)N2CCN(C(C)=O)CC2)C1c1ccc(Cl)cc1. The Labute approximate surface area is 222 Å². The monoisotopic (exact) mass is 522 g/mol. The third kappa shape index (κ3) is 5.34. The summed E-state index contributed by atoms with van der Waals surface area (Å²) in [6.45, 7) is 9.02. The molecule has 1 N–H and O–H groups in total. The number of nitrogens with zero attached hydrogens (tertiary/aromatic N) is 4. The molecule has 9 heteroatoms. The molecule has 0 radical (unpaired) electrons. The first-order chi connectivity index (χ1) is 17.7. The molecule has 2 aliphatic rings. The predicted molar refractivity (Wildman–Crippen MR) is 144 cm³/mol. The van der Waals surface area contributed by atoms with Gasteiger partial charge in [0.25, 0.3) is 0 Å². The van der Waals surface area contributed by atoms with E-state index in [2.05, 4.69) is 6.58 Å². The zero-order valence-electron chi connectivity index (χ0n) is 21.2. The van der Waals surface area contributed by atoms with Gasteiger partial charge in [-0.1, -0.05) is 42.5 Å². The number of halogens is 1. The van der Waals surface area contributed by atoms with Crippen molar-refractivity contribution < 1.29 is 19.4 Å². The van der Waals surface area contributed by atoms with E-state index in [1.807, 2.05) is 25.1 Å². The summed E-state index contributed by atoms with van der Waals surface area (Å²) < 4.78 is 5.25. The highest BCUT2D eigenvalue weighted by Gasteiger charge is 2.44. The molecule has 2 aromatic carbocycles. The van der Waals surface area contributed by atoms with Gasteiger partial charge in [0.2, 0.25) is 5.91 Å². The van der Waals surface area contributed by atoms with Crippen LogP contribution in [0, 0.1) is 0 Å². The van der Waals surface area contributed by atoms with Crippen molar-refractivity contribution in [2.45, 2.75) is 25.9 Å². The number of piperazine rings is 1. The number of aromatic hydroxyl groups is 1. The lowest BCUT2D eigenvalue weighted by molar-refractivity contribution is -0.130. The van der Waals surface area contributed by atoms with Crippen molar-refractivity contribution in [3.05, 3.63) is 82.9 Å². The summed E-state index contributed by atoms with van der Waals surface area (Å²) in [4.78, 5) is 36.1. The lowest BCUT2D eigenvalue weighted by atomic mass is 9.94. The van der Waals surface area contributed by atoms with Crippen molar-refractivity contribution >= 4 is 29.4 Å². The van der Waals surface area contributed by atoms with E-state index in [0.29, 0.717) is 48.4 Å². The molecule has 0 aromatic heterocycles. The zero-order valence-corrected chi connectivity index (χ0v) is 22.0. The molecule has 2 atom stereocenters. The number of carbonyl (C=O) groups excluding carboxylic acids is 2. The molecule has 1 saturated heterocycles. The fraction of sp³-hybridized carbons (Fsp3) is 0.321. The molecule has 0 bridgehead atoms. The van der Waals surface area contributed by atoms with Crippen LogP contribution in [0.3, 0.4) is 0 Å². The highest BCUT2D eigenvalue weighted by atomic mass is 35.5. The zero-order chi connectivity index (χ0) is 26.7. The van der Waals surface area contributed by atoms with Crippen LogP contribution in [0.15, 0.2) is 71.8 Å². The minimum Gasteiger partial charge on any atom is -0.507 e. The van der Waals surface area contributed by atoms with Gasteiger partial charge in [-0.15, -0.1) is 0 Å². The normalized spacial score (nSPS) is 20.1. The maximum atomic E-state index is 14.2. The number of phenolic OH excluding ortho intramolecular Hbond substituents is 1. The Morgan fingerprint density at radius 2 is 1.73 bits per heavy atom. The van der Waals surface area contributed by atoms with Gasteiger partial charge in [-0.05, 0) is 42.3 Å². The average molecular weight is 523 g/mol. The van der Waals surface area contributed by atoms with Crippen molar-refractivity contribution in [2.75, 3.05) is 33.3 Å². The van der Waals surface area contributed by atoms with Crippen molar-refractivity contribution in [1.82, 2.24) is 14.7 Å². The van der Waals surface area contributed by atoms with Gasteiger partial charge in [0.15, 0.2) is 0 Å². The molecule has 0 saturated carbocycles. The van der Waals surface area contributed by atoms with E-state index in [-0.39, 0.29) is 17.7 Å². The number of phenols is 1. The number of rotatable bonds is 5. The third-order valence-corrected chi connectivity index (χ3v) is 7.02. The van der Waals surface area contributed by atoms with Gasteiger partial charge in [-0.2, -0.15) is 0 Å². The number of urea groups is 1. The minimum atomic E-state index is -0.483. The van der Waals surface area contributed by atoms with Crippen LogP contribution in [-0.4, -0.2) is 76.9 Å². The van der Waals surface area contributed by atoms with Gasteiger partial charge in [-0.3, -0.25) is 14.7 Å². The first-order valence-corrected chi connectivity index (χ1v) is 12.5. The number of carbonyl (C=O) groups is 2. The van der Waals surface area contributed by atoms with E-state index in [0.717, 1.165) is 11.1 Å². The molecule has 2 aliphatic heterocycles. The highest BCUT2D eigenvalue weighted by molar-refractivity contribution is 6.30.